The fraction of sp³-hybridized carbons (Fsp3) is 0.417. The van der Waals surface area contributed by atoms with Gasteiger partial charge < -0.3 is 9.84 Å². The smallest absolute Gasteiger partial charge is 0.342 e. The Hall–Kier alpha value is -1.51. The van der Waals surface area contributed by atoms with E-state index in [0.717, 1.165) is 16.7 Å². The molecule has 2 rings (SSSR count). The summed E-state index contributed by atoms with van der Waals surface area (Å²) in [5.41, 5.74) is 3.04. The zero-order valence-corrected chi connectivity index (χ0v) is 9.13. The first-order valence-electron chi connectivity index (χ1n) is 5.03. The van der Waals surface area contributed by atoms with Crippen molar-refractivity contribution < 1.29 is 14.6 Å². The van der Waals surface area contributed by atoms with Crippen molar-refractivity contribution >= 4 is 5.97 Å². The van der Waals surface area contributed by atoms with Crippen LogP contribution in [0.4, 0.5) is 0 Å². The van der Waals surface area contributed by atoms with Gasteiger partial charge in [-0.3, -0.25) is 0 Å². The SMILES string of the molecule is Cc1cc(C)c2c(c1O)C(=O)O[C@@H](C)C2. The average molecular weight is 206 g/mol. The maximum absolute atomic E-state index is 11.6. The number of fused-ring (bicyclic) bond motifs is 1. The minimum absolute atomic E-state index is 0.0625. The van der Waals surface area contributed by atoms with E-state index in [9.17, 15) is 9.90 Å². The fourth-order valence-electron chi connectivity index (χ4n) is 2.07. The second-order valence-electron chi connectivity index (χ2n) is 4.13. The van der Waals surface area contributed by atoms with E-state index in [2.05, 4.69) is 0 Å². The molecular weight excluding hydrogens is 192 g/mol. The summed E-state index contributed by atoms with van der Waals surface area (Å²) in [7, 11) is 0. The molecule has 0 saturated carbocycles. The van der Waals surface area contributed by atoms with Gasteiger partial charge in [0.15, 0.2) is 0 Å². The number of benzene rings is 1. The molecule has 1 aromatic carbocycles. The Morgan fingerprint density at radius 3 is 2.73 bits per heavy atom. The molecule has 80 valence electrons. The molecule has 15 heavy (non-hydrogen) atoms. The monoisotopic (exact) mass is 206 g/mol. The molecule has 1 aliphatic heterocycles. The predicted octanol–water partition coefficient (Wildman–Crippen LogP) is 2.11. The zero-order chi connectivity index (χ0) is 11.2. The maximum Gasteiger partial charge on any atom is 0.342 e. The highest BCUT2D eigenvalue weighted by Crippen LogP contribution is 2.33. The van der Waals surface area contributed by atoms with Gasteiger partial charge in [-0.05, 0) is 37.5 Å². The second-order valence-corrected chi connectivity index (χ2v) is 4.13. The van der Waals surface area contributed by atoms with Gasteiger partial charge in [0.2, 0.25) is 0 Å². The third-order valence-electron chi connectivity index (χ3n) is 2.83. The number of hydrogen-bond donors (Lipinski definition) is 1. The van der Waals surface area contributed by atoms with Crippen LogP contribution in [-0.2, 0) is 11.2 Å². The molecule has 1 atom stereocenters. The molecule has 0 aromatic heterocycles. The van der Waals surface area contributed by atoms with Crippen molar-refractivity contribution in [3.63, 3.8) is 0 Å². The van der Waals surface area contributed by atoms with Crippen LogP contribution in [0.25, 0.3) is 0 Å². The van der Waals surface area contributed by atoms with Crippen molar-refractivity contribution in [3.05, 3.63) is 28.3 Å². The summed E-state index contributed by atoms with van der Waals surface area (Å²) >= 11 is 0. The first-order valence-corrected chi connectivity index (χ1v) is 5.03. The van der Waals surface area contributed by atoms with Gasteiger partial charge in [-0.1, -0.05) is 6.07 Å². The fourth-order valence-corrected chi connectivity index (χ4v) is 2.07. The van der Waals surface area contributed by atoms with Crippen LogP contribution in [0, 0.1) is 13.8 Å². The van der Waals surface area contributed by atoms with Crippen molar-refractivity contribution in [3.8, 4) is 5.75 Å². The Morgan fingerprint density at radius 2 is 2.07 bits per heavy atom. The molecule has 1 N–H and O–H groups in total. The number of esters is 1. The van der Waals surface area contributed by atoms with Crippen molar-refractivity contribution in [1.29, 1.82) is 0 Å². The minimum Gasteiger partial charge on any atom is -0.507 e. The van der Waals surface area contributed by atoms with E-state index in [1.54, 1.807) is 6.92 Å². The van der Waals surface area contributed by atoms with Crippen molar-refractivity contribution in [2.75, 3.05) is 0 Å². The summed E-state index contributed by atoms with van der Waals surface area (Å²) in [6.07, 6.45) is 0.576. The highest BCUT2D eigenvalue weighted by Gasteiger charge is 2.28. The standard InChI is InChI=1S/C12H14O3/c1-6-4-7(2)11(13)10-9(6)5-8(3)15-12(10)14/h4,8,13H,5H2,1-3H3/t8-/m0/s1. The Balaban J connectivity index is 2.69. The van der Waals surface area contributed by atoms with Gasteiger partial charge in [-0.15, -0.1) is 0 Å². The lowest BCUT2D eigenvalue weighted by atomic mass is 9.92. The molecule has 0 fully saturated rings. The molecule has 0 amide bonds. The van der Waals surface area contributed by atoms with Crippen LogP contribution in [0.5, 0.6) is 5.75 Å². The number of aromatic hydroxyl groups is 1. The molecule has 3 heteroatoms. The topological polar surface area (TPSA) is 46.5 Å². The van der Waals surface area contributed by atoms with Gasteiger partial charge in [-0.2, -0.15) is 0 Å². The molecule has 0 radical (unpaired) electrons. The molecule has 0 unspecified atom stereocenters. The summed E-state index contributed by atoms with van der Waals surface area (Å²) in [5, 5.41) is 9.82. The number of rotatable bonds is 0. The number of carbonyl (C=O) groups excluding carboxylic acids is 1. The second kappa shape index (κ2) is 3.26. The number of ether oxygens (including phenoxy) is 1. The van der Waals surface area contributed by atoms with Gasteiger partial charge in [0, 0.05) is 6.42 Å². The van der Waals surface area contributed by atoms with Gasteiger partial charge in [0.1, 0.15) is 17.4 Å². The van der Waals surface area contributed by atoms with E-state index < -0.39 is 5.97 Å². The lowest BCUT2D eigenvalue weighted by Crippen LogP contribution is -2.26. The largest absolute Gasteiger partial charge is 0.507 e. The van der Waals surface area contributed by atoms with Crippen molar-refractivity contribution in [2.45, 2.75) is 33.3 Å². The van der Waals surface area contributed by atoms with Crippen LogP contribution in [0.15, 0.2) is 6.07 Å². The number of aryl methyl sites for hydroxylation is 2. The van der Waals surface area contributed by atoms with E-state index in [1.807, 2.05) is 19.9 Å². The molecule has 1 heterocycles. The Kier molecular flexibility index (Phi) is 2.18. The Bertz CT molecular complexity index is 435. The summed E-state index contributed by atoms with van der Waals surface area (Å²) < 4.78 is 5.10. The first kappa shape index (κ1) is 10.0. The number of hydrogen-bond acceptors (Lipinski definition) is 3. The number of carbonyl (C=O) groups is 1. The molecular formula is C12H14O3. The summed E-state index contributed by atoms with van der Waals surface area (Å²) in [4.78, 5) is 11.6. The summed E-state index contributed by atoms with van der Waals surface area (Å²) in [6.45, 7) is 5.60. The highest BCUT2D eigenvalue weighted by molar-refractivity contribution is 5.96. The first-order chi connectivity index (χ1) is 7.00. The lowest BCUT2D eigenvalue weighted by molar-refractivity contribution is 0.0296. The Morgan fingerprint density at radius 1 is 1.40 bits per heavy atom. The number of phenols is 1. The molecule has 0 saturated heterocycles. The van der Waals surface area contributed by atoms with Crippen LogP contribution in [0.1, 0.15) is 34.0 Å². The normalized spacial score (nSPS) is 19.7. The predicted molar refractivity (Wildman–Crippen MR) is 56.2 cm³/mol. The maximum atomic E-state index is 11.6. The van der Waals surface area contributed by atoms with Gasteiger partial charge >= 0.3 is 5.97 Å². The third kappa shape index (κ3) is 1.48. The quantitative estimate of drug-likeness (QED) is 0.661. The van der Waals surface area contributed by atoms with E-state index in [-0.39, 0.29) is 11.9 Å². The van der Waals surface area contributed by atoms with Crippen LogP contribution < -0.4 is 0 Å². The van der Waals surface area contributed by atoms with Gasteiger partial charge in [0.05, 0.1) is 0 Å². The summed E-state index contributed by atoms with van der Waals surface area (Å²) in [6, 6.07) is 1.90. The summed E-state index contributed by atoms with van der Waals surface area (Å²) in [5.74, 6) is -0.347. The highest BCUT2D eigenvalue weighted by atomic mass is 16.5. The number of phenolic OH excluding ortho intramolecular Hbond substituents is 1. The molecule has 3 nitrogen and oxygen atoms in total. The van der Waals surface area contributed by atoms with Gasteiger partial charge in [-0.25, -0.2) is 4.79 Å². The zero-order valence-electron chi connectivity index (χ0n) is 9.13. The average Bonchev–Trinajstić information content (AvgIpc) is 2.13. The van der Waals surface area contributed by atoms with E-state index in [0.29, 0.717) is 12.0 Å². The molecule has 0 bridgehead atoms. The molecule has 0 spiro atoms. The van der Waals surface area contributed by atoms with E-state index >= 15 is 0 Å². The van der Waals surface area contributed by atoms with Crippen molar-refractivity contribution in [2.24, 2.45) is 0 Å². The van der Waals surface area contributed by atoms with Crippen LogP contribution >= 0.6 is 0 Å². The van der Waals surface area contributed by atoms with Crippen molar-refractivity contribution in [1.82, 2.24) is 0 Å². The van der Waals surface area contributed by atoms with E-state index in [1.165, 1.54) is 0 Å². The minimum atomic E-state index is -0.409. The third-order valence-corrected chi connectivity index (χ3v) is 2.83. The Labute approximate surface area is 88.7 Å². The van der Waals surface area contributed by atoms with Gasteiger partial charge in [0.25, 0.3) is 0 Å². The lowest BCUT2D eigenvalue weighted by Gasteiger charge is -2.24. The van der Waals surface area contributed by atoms with Crippen LogP contribution in [0.2, 0.25) is 0 Å². The number of cyclic esters (lactones) is 1. The molecule has 1 aliphatic rings. The van der Waals surface area contributed by atoms with Crippen LogP contribution in [0.3, 0.4) is 0 Å². The molecule has 0 aliphatic carbocycles. The van der Waals surface area contributed by atoms with Crippen LogP contribution in [-0.4, -0.2) is 17.2 Å². The van der Waals surface area contributed by atoms with E-state index in [4.69, 9.17) is 4.74 Å². The molecule has 1 aromatic rings.